The fourth-order valence-electron chi connectivity index (χ4n) is 5.01. The topological polar surface area (TPSA) is 84.0 Å². The van der Waals surface area contributed by atoms with Crippen molar-refractivity contribution >= 4 is 65.5 Å². The van der Waals surface area contributed by atoms with Gasteiger partial charge in [-0.3, -0.25) is 9.59 Å². The molecule has 212 valence electrons. The van der Waals surface area contributed by atoms with Crippen LogP contribution >= 0.6 is 31.9 Å². The van der Waals surface area contributed by atoms with Crippen molar-refractivity contribution in [3.8, 4) is 22.5 Å². The molecule has 0 saturated carbocycles. The SMILES string of the molecule is CC(CNC(=O)c1cc(-c2cccc(Br)c2)nc2ccccc12)NC(=O)c1cc(-c2cccc(Br)c2)nc2ccccc12. The van der Waals surface area contributed by atoms with E-state index < -0.39 is 0 Å². The number of rotatable bonds is 7. The number of carbonyl (C=O) groups is 2. The van der Waals surface area contributed by atoms with Crippen LogP contribution in [-0.4, -0.2) is 34.4 Å². The number of halogens is 2. The summed E-state index contributed by atoms with van der Waals surface area (Å²) in [4.78, 5) is 36.7. The van der Waals surface area contributed by atoms with Gasteiger partial charge in [-0.15, -0.1) is 0 Å². The Morgan fingerprint density at radius 1 is 0.651 bits per heavy atom. The first-order valence-corrected chi connectivity index (χ1v) is 15.3. The van der Waals surface area contributed by atoms with E-state index in [1.807, 2.05) is 116 Å². The van der Waals surface area contributed by atoms with Crippen LogP contribution in [0, 0.1) is 0 Å². The van der Waals surface area contributed by atoms with Gasteiger partial charge in [-0.25, -0.2) is 9.97 Å². The number of amides is 2. The number of carbonyl (C=O) groups excluding carboxylic acids is 2. The molecule has 0 aliphatic rings. The highest BCUT2D eigenvalue weighted by molar-refractivity contribution is 9.10. The van der Waals surface area contributed by atoms with Crippen LogP contribution in [0.3, 0.4) is 0 Å². The molecule has 0 aliphatic heterocycles. The zero-order valence-electron chi connectivity index (χ0n) is 23.1. The van der Waals surface area contributed by atoms with Gasteiger partial charge in [-0.1, -0.05) is 92.5 Å². The summed E-state index contributed by atoms with van der Waals surface area (Å²) in [5.74, 6) is -0.467. The van der Waals surface area contributed by atoms with E-state index in [4.69, 9.17) is 9.97 Å². The fraction of sp³-hybridized carbons (Fsp3) is 0.0857. The van der Waals surface area contributed by atoms with E-state index in [-0.39, 0.29) is 24.4 Å². The van der Waals surface area contributed by atoms with Gasteiger partial charge in [0.25, 0.3) is 11.8 Å². The lowest BCUT2D eigenvalue weighted by molar-refractivity contribution is 0.0914. The molecule has 0 aliphatic carbocycles. The van der Waals surface area contributed by atoms with Gasteiger partial charge < -0.3 is 10.6 Å². The normalized spacial score (nSPS) is 11.8. The molecule has 4 aromatic carbocycles. The third-order valence-corrected chi connectivity index (χ3v) is 8.10. The lowest BCUT2D eigenvalue weighted by atomic mass is 10.0. The standard InChI is InChI=1S/C35H26Br2N4O2/c1-21(39-35(43)29-19-33(23-9-7-11-25(37)17-23)41-31-15-5-3-13-27(29)31)20-38-34(42)28-18-32(22-8-6-10-24(36)16-22)40-30-14-4-2-12-26(28)30/h2-19,21H,20H2,1H3,(H,38,42)(H,39,43). The highest BCUT2D eigenvalue weighted by Crippen LogP contribution is 2.28. The van der Waals surface area contributed by atoms with E-state index in [9.17, 15) is 9.59 Å². The average Bonchev–Trinajstić information content (AvgIpc) is 3.02. The quantitative estimate of drug-likeness (QED) is 0.177. The van der Waals surface area contributed by atoms with Crippen LogP contribution < -0.4 is 10.6 Å². The number of hydrogen-bond acceptors (Lipinski definition) is 4. The van der Waals surface area contributed by atoms with Crippen molar-refractivity contribution in [2.45, 2.75) is 13.0 Å². The maximum Gasteiger partial charge on any atom is 0.252 e. The number of aromatic nitrogens is 2. The minimum atomic E-state index is -0.338. The number of nitrogens with zero attached hydrogens (tertiary/aromatic N) is 2. The second-order valence-electron chi connectivity index (χ2n) is 10.2. The zero-order chi connectivity index (χ0) is 29.9. The highest BCUT2D eigenvalue weighted by Gasteiger charge is 2.18. The summed E-state index contributed by atoms with van der Waals surface area (Å²) in [5, 5.41) is 7.59. The van der Waals surface area contributed by atoms with Crippen LogP contribution in [0.5, 0.6) is 0 Å². The largest absolute Gasteiger partial charge is 0.350 e. The van der Waals surface area contributed by atoms with Crippen LogP contribution in [0.1, 0.15) is 27.6 Å². The second kappa shape index (κ2) is 12.5. The minimum absolute atomic E-state index is 0.233. The molecule has 0 bridgehead atoms. The minimum Gasteiger partial charge on any atom is -0.350 e. The highest BCUT2D eigenvalue weighted by atomic mass is 79.9. The molecule has 2 aromatic heterocycles. The lowest BCUT2D eigenvalue weighted by Gasteiger charge is -2.17. The van der Waals surface area contributed by atoms with Gasteiger partial charge in [0.05, 0.1) is 33.5 Å². The first kappa shape index (κ1) is 28.7. The van der Waals surface area contributed by atoms with Crippen molar-refractivity contribution in [2.75, 3.05) is 6.54 Å². The van der Waals surface area contributed by atoms with Crippen LogP contribution in [0.25, 0.3) is 44.3 Å². The molecule has 1 unspecified atom stereocenters. The maximum atomic E-state index is 13.6. The van der Waals surface area contributed by atoms with Gasteiger partial charge in [-0.2, -0.15) is 0 Å². The third-order valence-electron chi connectivity index (χ3n) is 7.11. The molecule has 2 heterocycles. The molecule has 8 heteroatoms. The lowest BCUT2D eigenvalue weighted by Crippen LogP contribution is -2.42. The number of fused-ring (bicyclic) bond motifs is 2. The fourth-order valence-corrected chi connectivity index (χ4v) is 5.81. The van der Waals surface area contributed by atoms with Crippen molar-refractivity contribution in [3.05, 3.63) is 129 Å². The molecule has 0 radical (unpaired) electrons. The van der Waals surface area contributed by atoms with Gasteiger partial charge >= 0.3 is 0 Å². The van der Waals surface area contributed by atoms with Crippen LogP contribution in [0.2, 0.25) is 0 Å². The maximum absolute atomic E-state index is 13.6. The molecular weight excluding hydrogens is 668 g/mol. The summed E-state index contributed by atoms with van der Waals surface area (Å²) < 4.78 is 1.86. The van der Waals surface area contributed by atoms with Crippen molar-refractivity contribution < 1.29 is 9.59 Å². The van der Waals surface area contributed by atoms with E-state index in [2.05, 4.69) is 42.5 Å². The number of hydrogen-bond donors (Lipinski definition) is 2. The van der Waals surface area contributed by atoms with Gasteiger partial charge in [0.15, 0.2) is 0 Å². The predicted molar refractivity (Wildman–Crippen MR) is 179 cm³/mol. The summed E-state index contributed by atoms with van der Waals surface area (Å²) in [6.45, 7) is 2.11. The molecule has 0 saturated heterocycles. The Labute approximate surface area is 265 Å². The Kier molecular flexibility index (Phi) is 8.31. The van der Waals surface area contributed by atoms with Gasteiger partial charge in [0.1, 0.15) is 0 Å². The Balaban J connectivity index is 1.22. The molecule has 6 aromatic rings. The Bertz CT molecular complexity index is 2010. The molecule has 43 heavy (non-hydrogen) atoms. The first-order chi connectivity index (χ1) is 20.9. The molecule has 0 spiro atoms. The van der Waals surface area contributed by atoms with Crippen molar-refractivity contribution in [1.29, 1.82) is 0 Å². The molecule has 0 fully saturated rings. The number of nitrogens with one attached hydrogen (secondary N) is 2. The van der Waals surface area contributed by atoms with E-state index in [0.29, 0.717) is 22.5 Å². The Morgan fingerprint density at radius 3 is 1.65 bits per heavy atom. The summed E-state index contributed by atoms with van der Waals surface area (Å²) in [7, 11) is 0. The first-order valence-electron chi connectivity index (χ1n) is 13.8. The smallest absolute Gasteiger partial charge is 0.252 e. The predicted octanol–water partition coefficient (Wildman–Crippen LogP) is 8.19. The average molecular weight is 694 g/mol. The monoisotopic (exact) mass is 692 g/mol. The summed E-state index contributed by atoms with van der Waals surface area (Å²) in [6, 6.07) is 34.1. The van der Waals surface area contributed by atoms with Crippen molar-refractivity contribution in [2.24, 2.45) is 0 Å². The molecule has 2 N–H and O–H groups in total. The second-order valence-corrected chi connectivity index (χ2v) is 12.1. The molecular formula is C35H26Br2N4O2. The summed E-state index contributed by atoms with van der Waals surface area (Å²) >= 11 is 7.04. The number of pyridine rings is 2. The van der Waals surface area contributed by atoms with Gasteiger partial charge in [-0.05, 0) is 55.5 Å². The third kappa shape index (κ3) is 6.35. The van der Waals surface area contributed by atoms with Crippen molar-refractivity contribution in [1.82, 2.24) is 20.6 Å². The Morgan fingerprint density at radius 2 is 1.14 bits per heavy atom. The summed E-state index contributed by atoms with van der Waals surface area (Å²) in [6.07, 6.45) is 0. The molecule has 1 atom stereocenters. The van der Waals surface area contributed by atoms with Crippen LogP contribution in [-0.2, 0) is 0 Å². The van der Waals surface area contributed by atoms with Crippen molar-refractivity contribution in [3.63, 3.8) is 0 Å². The van der Waals surface area contributed by atoms with Gasteiger partial charge in [0.2, 0.25) is 0 Å². The van der Waals surface area contributed by atoms with Crippen LogP contribution in [0.4, 0.5) is 0 Å². The summed E-state index contributed by atoms with van der Waals surface area (Å²) in [5.41, 5.74) is 5.74. The van der Waals surface area contributed by atoms with E-state index in [0.717, 1.165) is 41.9 Å². The van der Waals surface area contributed by atoms with E-state index in [1.165, 1.54) is 0 Å². The van der Waals surface area contributed by atoms with E-state index >= 15 is 0 Å². The Hall–Kier alpha value is -4.40. The molecule has 2 amide bonds. The molecule has 6 nitrogen and oxygen atoms in total. The van der Waals surface area contributed by atoms with Crippen LogP contribution in [0.15, 0.2) is 118 Å². The van der Waals surface area contributed by atoms with Gasteiger partial charge in [0, 0.05) is 43.4 Å². The number of para-hydroxylation sites is 2. The number of benzene rings is 4. The molecule has 6 rings (SSSR count). The van der Waals surface area contributed by atoms with E-state index in [1.54, 1.807) is 0 Å². The zero-order valence-corrected chi connectivity index (χ0v) is 26.3.